The molecular formula is C13H22BrN3O. The Hall–Kier alpha value is -0.390. The lowest BCUT2D eigenvalue weighted by atomic mass is 9.97. The zero-order chi connectivity index (χ0) is 13.1. The summed E-state index contributed by atoms with van der Waals surface area (Å²) in [5.41, 5.74) is 2.10. The standard InChI is InChI=1S/C13H22BrN3O/c1-3-17-11(13(14)9(2)16-17)8-12(18)10-6-4-5-7-15-10/h10,12,15,18H,3-8H2,1-2H3. The van der Waals surface area contributed by atoms with Gasteiger partial charge in [0, 0.05) is 19.0 Å². The minimum Gasteiger partial charge on any atom is -0.391 e. The molecule has 5 heteroatoms. The fourth-order valence-electron chi connectivity index (χ4n) is 2.61. The first-order chi connectivity index (χ1) is 8.63. The molecule has 0 radical (unpaired) electrons. The minimum absolute atomic E-state index is 0.228. The molecule has 2 atom stereocenters. The van der Waals surface area contributed by atoms with Crippen molar-refractivity contribution in [2.75, 3.05) is 6.54 Å². The number of aliphatic hydroxyl groups is 1. The van der Waals surface area contributed by atoms with E-state index in [0.717, 1.165) is 35.4 Å². The average molecular weight is 316 g/mol. The molecule has 1 saturated heterocycles. The van der Waals surface area contributed by atoms with Crippen LogP contribution in [0.5, 0.6) is 0 Å². The first kappa shape index (κ1) is 14.0. The lowest BCUT2D eigenvalue weighted by Gasteiger charge is -2.28. The van der Waals surface area contributed by atoms with Gasteiger partial charge in [0.25, 0.3) is 0 Å². The van der Waals surface area contributed by atoms with Crippen LogP contribution in [0.2, 0.25) is 0 Å². The number of aliphatic hydroxyl groups excluding tert-OH is 1. The summed E-state index contributed by atoms with van der Waals surface area (Å²) < 4.78 is 3.02. The minimum atomic E-state index is -0.331. The van der Waals surface area contributed by atoms with Gasteiger partial charge in [-0.05, 0) is 49.2 Å². The van der Waals surface area contributed by atoms with E-state index in [2.05, 4.69) is 33.3 Å². The average Bonchev–Trinajstić information content (AvgIpc) is 2.67. The molecule has 1 aliphatic rings. The van der Waals surface area contributed by atoms with E-state index in [1.54, 1.807) is 0 Å². The van der Waals surface area contributed by atoms with Crippen molar-refractivity contribution in [3.63, 3.8) is 0 Å². The van der Waals surface area contributed by atoms with Gasteiger partial charge in [-0.2, -0.15) is 5.10 Å². The zero-order valence-corrected chi connectivity index (χ0v) is 12.7. The summed E-state index contributed by atoms with van der Waals surface area (Å²) in [4.78, 5) is 0. The van der Waals surface area contributed by atoms with Gasteiger partial charge in [-0.15, -0.1) is 0 Å². The molecule has 2 unspecified atom stereocenters. The number of rotatable bonds is 4. The number of piperidine rings is 1. The Morgan fingerprint density at radius 2 is 2.33 bits per heavy atom. The quantitative estimate of drug-likeness (QED) is 0.893. The number of aromatic nitrogens is 2. The third-order valence-electron chi connectivity index (χ3n) is 3.67. The van der Waals surface area contributed by atoms with Crippen LogP contribution in [0.1, 0.15) is 37.6 Å². The molecule has 2 rings (SSSR count). The van der Waals surface area contributed by atoms with E-state index in [1.807, 2.05) is 11.6 Å². The van der Waals surface area contributed by atoms with Crippen LogP contribution in [-0.4, -0.2) is 33.6 Å². The molecule has 1 fully saturated rings. The number of hydrogen-bond acceptors (Lipinski definition) is 3. The topological polar surface area (TPSA) is 50.1 Å². The van der Waals surface area contributed by atoms with Gasteiger partial charge in [-0.25, -0.2) is 0 Å². The molecule has 1 aromatic heterocycles. The summed E-state index contributed by atoms with van der Waals surface area (Å²) in [6.45, 7) is 5.93. The van der Waals surface area contributed by atoms with Gasteiger partial charge in [-0.1, -0.05) is 6.42 Å². The summed E-state index contributed by atoms with van der Waals surface area (Å²) in [6.07, 6.45) is 3.83. The lowest BCUT2D eigenvalue weighted by molar-refractivity contribution is 0.111. The number of halogens is 1. The maximum absolute atomic E-state index is 10.4. The van der Waals surface area contributed by atoms with Gasteiger partial charge in [0.1, 0.15) is 0 Å². The monoisotopic (exact) mass is 315 g/mol. The highest BCUT2D eigenvalue weighted by Gasteiger charge is 2.24. The van der Waals surface area contributed by atoms with Crippen LogP contribution in [0.4, 0.5) is 0 Å². The van der Waals surface area contributed by atoms with Gasteiger partial charge in [0.15, 0.2) is 0 Å². The molecule has 18 heavy (non-hydrogen) atoms. The highest BCUT2D eigenvalue weighted by atomic mass is 79.9. The number of hydrogen-bond donors (Lipinski definition) is 2. The van der Waals surface area contributed by atoms with Crippen molar-refractivity contribution in [3.8, 4) is 0 Å². The third kappa shape index (κ3) is 2.95. The maximum Gasteiger partial charge on any atom is 0.0748 e. The van der Waals surface area contributed by atoms with Crippen molar-refractivity contribution in [3.05, 3.63) is 15.9 Å². The van der Waals surface area contributed by atoms with Crippen molar-refractivity contribution in [1.29, 1.82) is 0 Å². The van der Waals surface area contributed by atoms with E-state index < -0.39 is 0 Å². The molecule has 0 aromatic carbocycles. The second-order valence-corrected chi connectivity index (χ2v) is 5.78. The van der Waals surface area contributed by atoms with Gasteiger partial charge in [0.2, 0.25) is 0 Å². The largest absolute Gasteiger partial charge is 0.391 e. The second-order valence-electron chi connectivity index (χ2n) is 4.99. The molecule has 4 nitrogen and oxygen atoms in total. The summed E-state index contributed by atoms with van der Waals surface area (Å²) >= 11 is 3.58. The van der Waals surface area contributed by atoms with Crippen LogP contribution >= 0.6 is 15.9 Å². The van der Waals surface area contributed by atoms with Crippen molar-refractivity contribution in [2.45, 2.75) is 58.2 Å². The predicted octanol–water partition coefficient (Wildman–Crippen LogP) is 2.02. The molecule has 0 amide bonds. The zero-order valence-electron chi connectivity index (χ0n) is 11.1. The Bertz CT molecular complexity index is 399. The van der Waals surface area contributed by atoms with Crippen molar-refractivity contribution in [2.24, 2.45) is 0 Å². The second kappa shape index (κ2) is 6.17. The predicted molar refractivity (Wildman–Crippen MR) is 75.7 cm³/mol. The van der Waals surface area contributed by atoms with Gasteiger partial charge in [0.05, 0.1) is 22.0 Å². The van der Waals surface area contributed by atoms with Crippen LogP contribution in [-0.2, 0) is 13.0 Å². The first-order valence-corrected chi connectivity index (χ1v) is 7.56. The maximum atomic E-state index is 10.4. The molecule has 1 aromatic rings. The molecular weight excluding hydrogens is 294 g/mol. The highest BCUT2D eigenvalue weighted by molar-refractivity contribution is 9.10. The summed E-state index contributed by atoms with van der Waals surface area (Å²) in [6, 6.07) is 0.228. The fourth-order valence-corrected chi connectivity index (χ4v) is 3.06. The van der Waals surface area contributed by atoms with E-state index in [9.17, 15) is 5.11 Å². The van der Waals surface area contributed by atoms with E-state index in [1.165, 1.54) is 12.8 Å². The Labute approximate surface area is 117 Å². The summed E-state index contributed by atoms with van der Waals surface area (Å²) in [5.74, 6) is 0. The van der Waals surface area contributed by atoms with E-state index in [0.29, 0.717) is 6.42 Å². The van der Waals surface area contributed by atoms with Crippen LogP contribution in [0.25, 0.3) is 0 Å². The van der Waals surface area contributed by atoms with Crippen LogP contribution in [0.15, 0.2) is 4.47 Å². The normalized spacial score (nSPS) is 22.1. The summed E-state index contributed by atoms with van der Waals surface area (Å²) in [7, 11) is 0. The summed E-state index contributed by atoms with van der Waals surface area (Å²) in [5, 5.41) is 18.2. The molecule has 102 valence electrons. The third-order valence-corrected chi connectivity index (χ3v) is 4.70. The Kier molecular flexibility index (Phi) is 4.81. The molecule has 1 aliphatic heterocycles. The Morgan fingerprint density at radius 1 is 1.56 bits per heavy atom. The molecule has 2 heterocycles. The molecule has 0 spiro atoms. The van der Waals surface area contributed by atoms with Crippen molar-refractivity contribution < 1.29 is 5.11 Å². The van der Waals surface area contributed by atoms with Crippen LogP contribution in [0, 0.1) is 6.92 Å². The van der Waals surface area contributed by atoms with E-state index in [4.69, 9.17) is 0 Å². The number of aryl methyl sites for hydroxylation is 2. The first-order valence-electron chi connectivity index (χ1n) is 6.76. The lowest BCUT2D eigenvalue weighted by Crippen LogP contribution is -2.44. The van der Waals surface area contributed by atoms with Crippen molar-refractivity contribution >= 4 is 15.9 Å². The van der Waals surface area contributed by atoms with Gasteiger partial charge < -0.3 is 10.4 Å². The van der Waals surface area contributed by atoms with Crippen molar-refractivity contribution in [1.82, 2.24) is 15.1 Å². The highest BCUT2D eigenvalue weighted by Crippen LogP contribution is 2.24. The number of nitrogens with zero attached hydrogens (tertiary/aromatic N) is 2. The molecule has 0 bridgehead atoms. The Morgan fingerprint density at radius 3 is 2.94 bits per heavy atom. The van der Waals surface area contributed by atoms with Gasteiger partial charge >= 0.3 is 0 Å². The molecule has 0 aliphatic carbocycles. The van der Waals surface area contributed by atoms with Crippen LogP contribution in [0.3, 0.4) is 0 Å². The number of nitrogens with one attached hydrogen (secondary N) is 1. The van der Waals surface area contributed by atoms with E-state index in [-0.39, 0.29) is 12.1 Å². The molecule has 0 saturated carbocycles. The fraction of sp³-hybridized carbons (Fsp3) is 0.769. The van der Waals surface area contributed by atoms with E-state index >= 15 is 0 Å². The smallest absolute Gasteiger partial charge is 0.0748 e. The van der Waals surface area contributed by atoms with Gasteiger partial charge in [-0.3, -0.25) is 4.68 Å². The molecule has 2 N–H and O–H groups in total. The Balaban J connectivity index is 2.08. The SMILES string of the molecule is CCn1nc(C)c(Br)c1CC(O)C1CCCCN1. The van der Waals surface area contributed by atoms with Crippen LogP contribution < -0.4 is 5.32 Å².